The van der Waals surface area contributed by atoms with E-state index in [-0.39, 0.29) is 11.8 Å². The van der Waals surface area contributed by atoms with Gasteiger partial charge in [0.1, 0.15) is 0 Å². The van der Waals surface area contributed by atoms with Gasteiger partial charge in [-0.25, -0.2) is 4.68 Å². The van der Waals surface area contributed by atoms with Crippen molar-refractivity contribution in [2.75, 3.05) is 46.8 Å². The van der Waals surface area contributed by atoms with Gasteiger partial charge in [0.25, 0.3) is 0 Å². The minimum absolute atomic E-state index is 0.0129. The Morgan fingerprint density at radius 3 is 2.48 bits per heavy atom. The van der Waals surface area contributed by atoms with Crippen molar-refractivity contribution < 1.29 is 9.59 Å². The van der Waals surface area contributed by atoms with Crippen molar-refractivity contribution in [2.24, 2.45) is 0 Å². The molecule has 0 radical (unpaired) electrons. The summed E-state index contributed by atoms with van der Waals surface area (Å²) in [5.74, 6) is 0.0751. The van der Waals surface area contributed by atoms with E-state index in [4.69, 9.17) is 0 Å². The summed E-state index contributed by atoms with van der Waals surface area (Å²) < 4.78 is 1.78. The monoisotopic (exact) mass is 367 g/mol. The zero-order valence-electron chi connectivity index (χ0n) is 15.8. The second kappa shape index (κ2) is 8.64. The summed E-state index contributed by atoms with van der Waals surface area (Å²) in [5.41, 5.74) is 1.86. The Morgan fingerprint density at radius 1 is 1.11 bits per heavy atom. The molecular weight excluding hydrogens is 342 g/mol. The lowest BCUT2D eigenvalue weighted by Gasteiger charge is -2.34. The summed E-state index contributed by atoms with van der Waals surface area (Å²) in [6.07, 6.45) is 7.01. The summed E-state index contributed by atoms with van der Waals surface area (Å²) in [7, 11) is 3.51. The van der Waals surface area contributed by atoms with Gasteiger partial charge in [-0.05, 0) is 18.2 Å². The smallest absolute Gasteiger partial charge is 0.246 e. The largest absolute Gasteiger partial charge is 0.348 e. The maximum Gasteiger partial charge on any atom is 0.246 e. The Bertz CT molecular complexity index is 805. The fourth-order valence-corrected chi connectivity index (χ4v) is 2.88. The molecule has 0 atom stereocenters. The summed E-state index contributed by atoms with van der Waals surface area (Å²) in [4.78, 5) is 29.7. The molecule has 142 valence electrons. The highest BCUT2D eigenvalue weighted by molar-refractivity contribution is 5.91. The topological polar surface area (TPSA) is 61.7 Å². The lowest BCUT2D eigenvalue weighted by molar-refractivity contribution is -0.131. The Hall–Kier alpha value is -2.93. The maximum atomic E-state index is 12.4. The first-order valence-electron chi connectivity index (χ1n) is 9.02. The molecule has 1 aliphatic heterocycles. The van der Waals surface area contributed by atoms with Gasteiger partial charge in [-0.1, -0.05) is 18.2 Å². The van der Waals surface area contributed by atoms with Crippen LogP contribution in [-0.2, 0) is 9.59 Å². The third-order valence-corrected chi connectivity index (χ3v) is 4.58. The molecule has 0 bridgehead atoms. The number of aromatic nitrogens is 2. The highest BCUT2D eigenvalue weighted by Crippen LogP contribution is 2.10. The van der Waals surface area contributed by atoms with Crippen LogP contribution in [0.3, 0.4) is 0 Å². The number of carbonyl (C=O) groups excluding carboxylic acids is 2. The van der Waals surface area contributed by atoms with Gasteiger partial charge in [0, 0.05) is 58.1 Å². The fourth-order valence-electron chi connectivity index (χ4n) is 2.88. The van der Waals surface area contributed by atoms with Crippen molar-refractivity contribution in [3.63, 3.8) is 0 Å². The average Bonchev–Trinajstić information content (AvgIpc) is 3.16. The summed E-state index contributed by atoms with van der Waals surface area (Å²) >= 11 is 0. The Labute approximate surface area is 159 Å². The molecule has 3 rings (SSSR count). The van der Waals surface area contributed by atoms with E-state index in [2.05, 4.69) is 10.00 Å². The number of nitrogens with zero attached hydrogens (tertiary/aromatic N) is 5. The second-order valence-electron chi connectivity index (χ2n) is 6.78. The zero-order valence-corrected chi connectivity index (χ0v) is 15.8. The first-order valence-corrected chi connectivity index (χ1v) is 9.02. The van der Waals surface area contributed by atoms with Crippen LogP contribution in [0.5, 0.6) is 0 Å². The average molecular weight is 367 g/mol. The van der Waals surface area contributed by atoms with Crippen LogP contribution in [0.25, 0.3) is 11.8 Å². The van der Waals surface area contributed by atoms with Crippen molar-refractivity contribution in [3.05, 3.63) is 54.4 Å². The molecule has 0 N–H and O–H groups in total. The molecule has 27 heavy (non-hydrogen) atoms. The van der Waals surface area contributed by atoms with Crippen LogP contribution in [0, 0.1) is 0 Å². The maximum absolute atomic E-state index is 12.4. The van der Waals surface area contributed by atoms with Crippen LogP contribution < -0.4 is 0 Å². The molecular formula is C20H25N5O2. The van der Waals surface area contributed by atoms with Gasteiger partial charge in [0.05, 0.1) is 18.4 Å². The van der Waals surface area contributed by atoms with Crippen molar-refractivity contribution in [1.82, 2.24) is 24.5 Å². The molecule has 0 saturated carbocycles. The van der Waals surface area contributed by atoms with E-state index in [9.17, 15) is 9.59 Å². The number of para-hydroxylation sites is 1. The highest BCUT2D eigenvalue weighted by atomic mass is 16.2. The van der Waals surface area contributed by atoms with E-state index >= 15 is 0 Å². The standard InChI is InChI=1S/C20H25N5O2/c1-22(2)20(27)16-23-10-12-24(13-11-23)19(26)9-8-17-14-21-25(15-17)18-6-4-3-5-7-18/h3-9,14-15H,10-13,16H2,1-2H3/b9-8+. The lowest BCUT2D eigenvalue weighted by atomic mass is 10.2. The molecule has 1 saturated heterocycles. The molecule has 0 unspecified atom stereocenters. The number of rotatable bonds is 5. The van der Waals surface area contributed by atoms with E-state index in [1.54, 1.807) is 42.0 Å². The number of hydrogen-bond donors (Lipinski definition) is 0. The molecule has 7 heteroatoms. The van der Waals surface area contributed by atoms with E-state index < -0.39 is 0 Å². The molecule has 1 aromatic carbocycles. The Kier molecular flexibility index (Phi) is 6.03. The van der Waals surface area contributed by atoms with E-state index in [1.165, 1.54) is 0 Å². The summed E-state index contributed by atoms with van der Waals surface area (Å²) in [6.45, 7) is 3.10. The van der Waals surface area contributed by atoms with Crippen molar-refractivity contribution in [1.29, 1.82) is 0 Å². The highest BCUT2D eigenvalue weighted by Gasteiger charge is 2.21. The fraction of sp³-hybridized carbons (Fsp3) is 0.350. The van der Waals surface area contributed by atoms with Crippen molar-refractivity contribution in [2.45, 2.75) is 0 Å². The molecule has 1 fully saturated rings. The predicted octanol–water partition coefficient (Wildman–Crippen LogP) is 1.12. The minimum Gasteiger partial charge on any atom is -0.348 e. The minimum atomic E-state index is -0.0129. The van der Waals surface area contributed by atoms with Crippen LogP contribution in [-0.4, -0.2) is 83.1 Å². The number of hydrogen-bond acceptors (Lipinski definition) is 4. The van der Waals surface area contributed by atoms with Gasteiger partial charge < -0.3 is 9.80 Å². The molecule has 1 aliphatic rings. The van der Waals surface area contributed by atoms with Crippen LogP contribution >= 0.6 is 0 Å². The zero-order chi connectivity index (χ0) is 19.2. The van der Waals surface area contributed by atoms with Gasteiger partial charge in [-0.3, -0.25) is 14.5 Å². The molecule has 7 nitrogen and oxygen atoms in total. The Morgan fingerprint density at radius 2 is 1.81 bits per heavy atom. The van der Waals surface area contributed by atoms with Crippen LogP contribution in [0.15, 0.2) is 48.8 Å². The first-order chi connectivity index (χ1) is 13.0. The van der Waals surface area contributed by atoms with Crippen LogP contribution in [0.4, 0.5) is 0 Å². The molecule has 0 spiro atoms. The normalized spacial score (nSPS) is 15.3. The molecule has 1 aromatic heterocycles. The summed E-state index contributed by atoms with van der Waals surface area (Å²) in [6, 6.07) is 9.84. The number of amides is 2. The van der Waals surface area contributed by atoms with Gasteiger partial charge in [0.2, 0.25) is 11.8 Å². The SMILES string of the molecule is CN(C)C(=O)CN1CCN(C(=O)/C=C/c2cnn(-c3ccccc3)c2)CC1. The number of benzene rings is 1. The third kappa shape index (κ3) is 5.04. The summed E-state index contributed by atoms with van der Waals surface area (Å²) in [5, 5.41) is 4.33. The molecule has 2 heterocycles. The second-order valence-corrected chi connectivity index (χ2v) is 6.78. The Balaban J connectivity index is 1.51. The van der Waals surface area contributed by atoms with E-state index in [0.29, 0.717) is 32.7 Å². The molecule has 2 amide bonds. The third-order valence-electron chi connectivity index (χ3n) is 4.58. The predicted molar refractivity (Wildman–Crippen MR) is 104 cm³/mol. The van der Waals surface area contributed by atoms with Crippen LogP contribution in [0.2, 0.25) is 0 Å². The van der Waals surface area contributed by atoms with Gasteiger partial charge >= 0.3 is 0 Å². The van der Waals surface area contributed by atoms with Crippen LogP contribution in [0.1, 0.15) is 5.56 Å². The quantitative estimate of drug-likeness (QED) is 0.743. The van der Waals surface area contributed by atoms with Crippen molar-refractivity contribution >= 4 is 17.9 Å². The molecule has 0 aliphatic carbocycles. The lowest BCUT2D eigenvalue weighted by Crippen LogP contribution is -2.50. The van der Waals surface area contributed by atoms with E-state index in [0.717, 1.165) is 11.3 Å². The van der Waals surface area contributed by atoms with Gasteiger partial charge in [0.15, 0.2) is 0 Å². The number of likely N-dealkylation sites (N-methyl/N-ethyl adjacent to an activating group) is 1. The molecule has 2 aromatic rings. The van der Waals surface area contributed by atoms with Gasteiger partial charge in [-0.2, -0.15) is 5.10 Å². The number of piperazine rings is 1. The number of carbonyl (C=O) groups is 2. The van der Waals surface area contributed by atoms with Crippen molar-refractivity contribution in [3.8, 4) is 5.69 Å². The van der Waals surface area contributed by atoms with E-state index in [1.807, 2.05) is 41.4 Å². The first kappa shape index (κ1) is 18.8. The van der Waals surface area contributed by atoms with Gasteiger partial charge in [-0.15, -0.1) is 0 Å².